The van der Waals surface area contributed by atoms with Crippen LogP contribution >= 0.6 is 23.2 Å². The van der Waals surface area contributed by atoms with Crippen molar-refractivity contribution in [2.24, 2.45) is 0 Å². The van der Waals surface area contributed by atoms with Crippen LogP contribution in [0.3, 0.4) is 0 Å². The number of hydrogen-bond donors (Lipinski definition) is 3. The molecule has 48 valence electrons. The Hall–Kier alpha value is 0.460. The molecule has 1 heterocycles. The molecule has 1 fully saturated rings. The van der Waals surface area contributed by atoms with Crippen molar-refractivity contribution in [2.75, 3.05) is 6.67 Å². The molecule has 5 heteroatoms. The summed E-state index contributed by atoms with van der Waals surface area (Å²) in [7, 11) is 0. The van der Waals surface area contributed by atoms with Gasteiger partial charge in [0.15, 0.2) is 0 Å². The second-order valence-electron chi connectivity index (χ2n) is 1.48. The van der Waals surface area contributed by atoms with Crippen molar-refractivity contribution in [1.82, 2.24) is 16.0 Å². The lowest BCUT2D eigenvalue weighted by Crippen LogP contribution is -2.57. The van der Waals surface area contributed by atoms with Gasteiger partial charge >= 0.3 is 0 Å². The highest BCUT2D eigenvalue weighted by atomic mass is 35.5. The molecular weight excluding hydrogens is 149 g/mol. The van der Waals surface area contributed by atoms with E-state index in [0.29, 0.717) is 6.67 Å². The van der Waals surface area contributed by atoms with Crippen LogP contribution in [0, 0.1) is 0 Å². The third-order valence-electron chi connectivity index (χ3n) is 0.855. The van der Waals surface area contributed by atoms with Gasteiger partial charge in [0.05, 0.1) is 0 Å². The highest BCUT2D eigenvalue weighted by Gasteiger charge is 2.13. The number of nitrogens with one attached hydrogen (secondary N) is 3. The van der Waals surface area contributed by atoms with Crippen LogP contribution in [-0.4, -0.2) is 17.9 Å². The van der Waals surface area contributed by atoms with E-state index < -0.39 is 0 Å². The fraction of sp³-hybridized carbons (Fsp3) is 1.00. The predicted molar refractivity (Wildman–Crippen MR) is 33.6 cm³/mol. The maximum absolute atomic E-state index is 5.56. The quantitative estimate of drug-likeness (QED) is 0.335. The molecule has 0 spiro atoms. The third-order valence-corrected chi connectivity index (χ3v) is 1.42. The molecule has 1 saturated heterocycles. The van der Waals surface area contributed by atoms with E-state index in [1.54, 1.807) is 0 Å². The first kappa shape index (κ1) is 6.58. The van der Waals surface area contributed by atoms with Crippen molar-refractivity contribution in [1.29, 1.82) is 0 Å². The first-order valence-corrected chi connectivity index (χ1v) is 3.17. The van der Waals surface area contributed by atoms with Crippen LogP contribution in [0.4, 0.5) is 0 Å². The highest BCUT2D eigenvalue weighted by Crippen LogP contribution is 1.94. The van der Waals surface area contributed by atoms with Gasteiger partial charge in [0.25, 0.3) is 0 Å². The summed E-state index contributed by atoms with van der Waals surface area (Å²) in [5, 5.41) is 8.53. The monoisotopic (exact) mass is 155 g/mol. The average Bonchev–Trinajstić information content (AvgIpc) is 1.64. The molecule has 0 saturated carbocycles. The Balaban J connectivity index is 2.23. The summed E-state index contributed by atoms with van der Waals surface area (Å²) >= 11 is 11.1. The van der Waals surface area contributed by atoms with Crippen LogP contribution in [0.2, 0.25) is 0 Å². The highest BCUT2D eigenvalue weighted by molar-refractivity contribution is 6.22. The SMILES string of the molecule is ClC1NCNC(Cl)N1. The van der Waals surface area contributed by atoms with Crippen LogP contribution in [0.25, 0.3) is 0 Å². The lowest BCUT2D eigenvalue weighted by molar-refractivity contribution is 0.381. The zero-order valence-corrected chi connectivity index (χ0v) is 5.63. The first-order valence-electron chi connectivity index (χ1n) is 2.30. The molecule has 0 aromatic heterocycles. The van der Waals surface area contributed by atoms with Crippen molar-refractivity contribution in [3.8, 4) is 0 Å². The molecule has 0 aromatic rings. The molecule has 1 aliphatic rings. The van der Waals surface area contributed by atoms with E-state index >= 15 is 0 Å². The maximum atomic E-state index is 5.56. The van der Waals surface area contributed by atoms with Crippen LogP contribution in [0.5, 0.6) is 0 Å². The standard InChI is InChI=1S/C3H7Cl2N3/c4-2-6-1-7-3(5)8-2/h2-3,6-8H,1H2. The molecule has 0 aliphatic carbocycles. The summed E-state index contributed by atoms with van der Waals surface area (Å²) in [5.74, 6) is 0. The molecule has 3 nitrogen and oxygen atoms in total. The maximum Gasteiger partial charge on any atom is 0.138 e. The Bertz CT molecular complexity index is 70.9. The number of rotatable bonds is 0. The lowest BCUT2D eigenvalue weighted by Gasteiger charge is -2.24. The van der Waals surface area contributed by atoms with Crippen molar-refractivity contribution < 1.29 is 0 Å². The van der Waals surface area contributed by atoms with Crippen LogP contribution in [0.1, 0.15) is 0 Å². The summed E-state index contributed by atoms with van der Waals surface area (Å²) < 4.78 is 0. The smallest absolute Gasteiger partial charge is 0.138 e. The minimum Gasteiger partial charge on any atom is -0.276 e. The normalized spacial score (nSPS) is 39.8. The predicted octanol–water partition coefficient (Wildman–Crippen LogP) is -0.229. The summed E-state index contributed by atoms with van der Waals surface area (Å²) in [6.07, 6.45) is 0. The van der Waals surface area contributed by atoms with E-state index in [4.69, 9.17) is 23.2 Å². The lowest BCUT2D eigenvalue weighted by atomic mass is 10.8. The molecule has 0 amide bonds. The number of halogens is 2. The third kappa shape index (κ3) is 1.76. The molecule has 2 unspecified atom stereocenters. The van der Waals surface area contributed by atoms with Gasteiger partial charge in [-0.15, -0.1) is 0 Å². The van der Waals surface area contributed by atoms with E-state index in [1.165, 1.54) is 0 Å². The second kappa shape index (κ2) is 2.85. The van der Waals surface area contributed by atoms with Crippen molar-refractivity contribution >= 4 is 23.2 Å². The topological polar surface area (TPSA) is 36.1 Å². The van der Waals surface area contributed by atoms with E-state index in [-0.39, 0.29) is 11.2 Å². The van der Waals surface area contributed by atoms with Gasteiger partial charge < -0.3 is 0 Å². The summed E-state index contributed by atoms with van der Waals surface area (Å²) in [6, 6.07) is 0. The minimum atomic E-state index is -0.209. The van der Waals surface area contributed by atoms with Gasteiger partial charge in [-0.1, -0.05) is 23.2 Å². The van der Waals surface area contributed by atoms with Gasteiger partial charge in [-0.3, -0.25) is 16.0 Å². The van der Waals surface area contributed by atoms with E-state index in [9.17, 15) is 0 Å². The van der Waals surface area contributed by atoms with Crippen LogP contribution < -0.4 is 16.0 Å². The summed E-state index contributed by atoms with van der Waals surface area (Å²) in [4.78, 5) is 0. The Morgan fingerprint density at radius 3 is 1.88 bits per heavy atom. The molecule has 2 atom stereocenters. The van der Waals surface area contributed by atoms with Gasteiger partial charge in [0, 0.05) is 6.67 Å². The van der Waals surface area contributed by atoms with Gasteiger partial charge in [-0.25, -0.2) is 0 Å². The van der Waals surface area contributed by atoms with Gasteiger partial charge in [0.2, 0.25) is 0 Å². The Morgan fingerprint density at radius 1 is 1.12 bits per heavy atom. The molecule has 0 aromatic carbocycles. The van der Waals surface area contributed by atoms with Crippen molar-refractivity contribution in [3.05, 3.63) is 0 Å². The van der Waals surface area contributed by atoms with Crippen molar-refractivity contribution in [3.63, 3.8) is 0 Å². The van der Waals surface area contributed by atoms with E-state index in [1.807, 2.05) is 0 Å². The Kier molecular flexibility index (Phi) is 2.34. The van der Waals surface area contributed by atoms with E-state index in [0.717, 1.165) is 0 Å². The molecule has 3 N–H and O–H groups in total. The minimum absolute atomic E-state index is 0.209. The van der Waals surface area contributed by atoms with E-state index in [2.05, 4.69) is 16.0 Å². The first-order chi connectivity index (χ1) is 3.79. The summed E-state index contributed by atoms with van der Waals surface area (Å²) in [6.45, 7) is 0.648. The molecule has 0 radical (unpaired) electrons. The fourth-order valence-corrected chi connectivity index (χ4v) is 0.955. The van der Waals surface area contributed by atoms with Gasteiger partial charge in [-0.2, -0.15) is 0 Å². The zero-order chi connectivity index (χ0) is 5.98. The Morgan fingerprint density at radius 2 is 1.62 bits per heavy atom. The molecule has 0 bridgehead atoms. The van der Waals surface area contributed by atoms with Gasteiger partial charge in [-0.05, 0) is 0 Å². The molecular formula is C3H7Cl2N3. The van der Waals surface area contributed by atoms with Crippen LogP contribution in [-0.2, 0) is 0 Å². The fourth-order valence-electron chi connectivity index (χ4n) is 0.484. The molecule has 8 heavy (non-hydrogen) atoms. The Labute approximate surface area is 57.7 Å². The zero-order valence-electron chi connectivity index (χ0n) is 4.12. The molecule has 1 aliphatic heterocycles. The van der Waals surface area contributed by atoms with Crippen LogP contribution in [0.15, 0.2) is 0 Å². The average molecular weight is 156 g/mol. The number of alkyl halides is 2. The summed E-state index contributed by atoms with van der Waals surface area (Å²) in [5.41, 5.74) is -0.419. The number of hydrogen-bond acceptors (Lipinski definition) is 3. The second-order valence-corrected chi connectivity index (χ2v) is 2.35. The van der Waals surface area contributed by atoms with Gasteiger partial charge in [0.1, 0.15) is 11.2 Å². The van der Waals surface area contributed by atoms with Crippen molar-refractivity contribution in [2.45, 2.75) is 11.2 Å². The molecule has 1 rings (SSSR count). The largest absolute Gasteiger partial charge is 0.276 e.